The van der Waals surface area contributed by atoms with Crippen LogP contribution in [0.3, 0.4) is 0 Å². The first kappa shape index (κ1) is 15.0. The Morgan fingerprint density at radius 2 is 2.10 bits per heavy atom. The lowest BCUT2D eigenvalue weighted by atomic mass is 10.0. The summed E-state index contributed by atoms with van der Waals surface area (Å²) in [7, 11) is 1.75. The van der Waals surface area contributed by atoms with Gasteiger partial charge in [-0.2, -0.15) is 11.8 Å². The lowest BCUT2D eigenvalue weighted by Gasteiger charge is -2.24. The molecule has 0 bridgehead atoms. The molecule has 2 aliphatic heterocycles. The van der Waals surface area contributed by atoms with Gasteiger partial charge in [-0.1, -0.05) is 12.1 Å². The summed E-state index contributed by atoms with van der Waals surface area (Å²) in [6, 6.07) is 6.90. The number of hydrogen-bond acceptors (Lipinski definition) is 4. The minimum Gasteiger partial charge on any atom is -0.493 e. The number of ether oxygens (including phenoxy) is 2. The second kappa shape index (κ2) is 7.41. The van der Waals surface area contributed by atoms with E-state index in [4.69, 9.17) is 9.47 Å². The van der Waals surface area contributed by atoms with Crippen molar-refractivity contribution < 1.29 is 9.47 Å². The maximum absolute atomic E-state index is 6.22. The van der Waals surface area contributed by atoms with Crippen LogP contribution in [0.5, 0.6) is 11.5 Å². The molecule has 1 unspecified atom stereocenters. The monoisotopic (exact) mass is 307 g/mol. The third-order valence-corrected chi connectivity index (χ3v) is 5.40. The molecule has 0 radical (unpaired) electrons. The van der Waals surface area contributed by atoms with E-state index >= 15 is 0 Å². The van der Waals surface area contributed by atoms with Crippen molar-refractivity contribution in [1.82, 2.24) is 5.32 Å². The second-order valence-electron chi connectivity index (χ2n) is 5.88. The highest BCUT2D eigenvalue weighted by molar-refractivity contribution is 7.99. The summed E-state index contributed by atoms with van der Waals surface area (Å²) in [6.45, 7) is 1.14. The van der Waals surface area contributed by atoms with Crippen LogP contribution >= 0.6 is 11.8 Å². The minimum atomic E-state index is 0.347. The van der Waals surface area contributed by atoms with E-state index in [9.17, 15) is 0 Å². The topological polar surface area (TPSA) is 30.5 Å². The fourth-order valence-corrected chi connectivity index (χ4v) is 4.28. The molecule has 0 amide bonds. The van der Waals surface area contributed by atoms with Crippen LogP contribution in [0.15, 0.2) is 18.2 Å². The first-order chi connectivity index (χ1) is 10.4. The van der Waals surface area contributed by atoms with E-state index in [0.717, 1.165) is 37.3 Å². The average molecular weight is 307 g/mol. The third kappa shape index (κ3) is 3.86. The molecule has 0 aliphatic carbocycles. The minimum absolute atomic E-state index is 0.347. The van der Waals surface area contributed by atoms with Gasteiger partial charge in [0.15, 0.2) is 11.5 Å². The molecular formula is C17H25NO2S. The molecule has 2 aliphatic rings. The lowest BCUT2D eigenvalue weighted by Crippen LogP contribution is -2.24. The predicted molar refractivity (Wildman–Crippen MR) is 88.7 cm³/mol. The SMILES string of the molecule is COc1c(CC2CCCN2)cccc1OC1CCSCC1. The molecule has 0 saturated carbocycles. The number of thioether (sulfide) groups is 1. The van der Waals surface area contributed by atoms with Crippen LogP contribution in [-0.2, 0) is 6.42 Å². The Balaban J connectivity index is 1.72. The Labute approximate surface area is 131 Å². The van der Waals surface area contributed by atoms with Crippen molar-refractivity contribution in [3.8, 4) is 11.5 Å². The highest BCUT2D eigenvalue weighted by atomic mass is 32.2. The molecule has 1 aromatic rings. The van der Waals surface area contributed by atoms with Crippen LogP contribution in [0.2, 0.25) is 0 Å². The Morgan fingerprint density at radius 1 is 1.24 bits per heavy atom. The van der Waals surface area contributed by atoms with Crippen LogP contribution in [0, 0.1) is 0 Å². The molecule has 4 heteroatoms. The zero-order valence-electron chi connectivity index (χ0n) is 12.8. The number of nitrogens with one attached hydrogen (secondary N) is 1. The Kier molecular flexibility index (Phi) is 5.31. The Hall–Kier alpha value is -0.870. The molecule has 1 aromatic carbocycles. The van der Waals surface area contributed by atoms with Crippen LogP contribution in [0.4, 0.5) is 0 Å². The summed E-state index contributed by atoms with van der Waals surface area (Å²) in [6.07, 6.45) is 6.20. The standard InChI is InChI=1S/C17H25NO2S/c1-19-17-13(12-14-5-3-9-18-14)4-2-6-16(17)20-15-7-10-21-11-8-15/h2,4,6,14-15,18H,3,5,7-12H2,1H3. The maximum atomic E-state index is 6.22. The van der Waals surface area contributed by atoms with Gasteiger partial charge >= 0.3 is 0 Å². The fourth-order valence-electron chi connectivity index (χ4n) is 3.22. The van der Waals surface area contributed by atoms with Crippen LogP contribution in [0.25, 0.3) is 0 Å². The van der Waals surface area contributed by atoms with Crippen LogP contribution in [0.1, 0.15) is 31.2 Å². The highest BCUT2D eigenvalue weighted by Gasteiger charge is 2.21. The average Bonchev–Trinajstić information content (AvgIpc) is 3.02. The normalized spacial score (nSPS) is 23.2. The van der Waals surface area contributed by atoms with Crippen molar-refractivity contribution in [1.29, 1.82) is 0 Å². The smallest absolute Gasteiger partial charge is 0.163 e. The summed E-state index contributed by atoms with van der Waals surface area (Å²) in [5.74, 6) is 4.27. The van der Waals surface area contributed by atoms with E-state index in [0.29, 0.717) is 12.1 Å². The number of rotatable bonds is 5. The van der Waals surface area contributed by atoms with E-state index in [2.05, 4.69) is 17.4 Å². The van der Waals surface area contributed by atoms with Crippen molar-refractivity contribution in [3.63, 3.8) is 0 Å². The van der Waals surface area contributed by atoms with E-state index in [-0.39, 0.29) is 0 Å². The van der Waals surface area contributed by atoms with Gasteiger partial charge in [-0.3, -0.25) is 0 Å². The summed E-state index contributed by atoms with van der Waals surface area (Å²) in [4.78, 5) is 0. The number of para-hydroxylation sites is 1. The lowest BCUT2D eigenvalue weighted by molar-refractivity contribution is 0.184. The van der Waals surface area contributed by atoms with Gasteiger partial charge in [-0.15, -0.1) is 0 Å². The predicted octanol–water partition coefficient (Wildman–Crippen LogP) is 3.26. The van der Waals surface area contributed by atoms with Crippen molar-refractivity contribution in [2.45, 2.75) is 44.2 Å². The number of methoxy groups -OCH3 is 1. The van der Waals surface area contributed by atoms with Crippen LogP contribution in [-0.4, -0.2) is 37.3 Å². The maximum Gasteiger partial charge on any atom is 0.163 e. The van der Waals surface area contributed by atoms with Gasteiger partial charge in [0.1, 0.15) is 6.10 Å². The first-order valence-corrected chi connectivity index (χ1v) is 9.16. The number of hydrogen-bond donors (Lipinski definition) is 1. The molecule has 3 rings (SSSR count). The van der Waals surface area contributed by atoms with E-state index in [1.54, 1.807) is 7.11 Å². The Morgan fingerprint density at radius 3 is 2.81 bits per heavy atom. The molecule has 2 saturated heterocycles. The molecule has 3 nitrogen and oxygen atoms in total. The summed E-state index contributed by atoms with van der Waals surface area (Å²) in [5.41, 5.74) is 1.26. The fraction of sp³-hybridized carbons (Fsp3) is 0.647. The molecular weight excluding hydrogens is 282 g/mol. The molecule has 1 N–H and O–H groups in total. The molecule has 0 spiro atoms. The first-order valence-electron chi connectivity index (χ1n) is 8.00. The molecule has 0 aromatic heterocycles. The van der Waals surface area contributed by atoms with Gasteiger partial charge in [0, 0.05) is 6.04 Å². The van der Waals surface area contributed by atoms with Crippen molar-refractivity contribution in [3.05, 3.63) is 23.8 Å². The van der Waals surface area contributed by atoms with Crippen molar-refractivity contribution in [2.24, 2.45) is 0 Å². The summed E-state index contributed by atoms with van der Waals surface area (Å²) >= 11 is 2.02. The highest BCUT2D eigenvalue weighted by Crippen LogP contribution is 2.34. The van der Waals surface area contributed by atoms with E-state index in [1.807, 2.05) is 17.8 Å². The van der Waals surface area contributed by atoms with Gasteiger partial charge in [-0.25, -0.2) is 0 Å². The quantitative estimate of drug-likeness (QED) is 0.904. The van der Waals surface area contributed by atoms with Gasteiger partial charge in [0.05, 0.1) is 7.11 Å². The van der Waals surface area contributed by atoms with Crippen molar-refractivity contribution in [2.75, 3.05) is 25.2 Å². The zero-order valence-corrected chi connectivity index (χ0v) is 13.6. The van der Waals surface area contributed by atoms with Gasteiger partial charge in [0.25, 0.3) is 0 Å². The van der Waals surface area contributed by atoms with Crippen molar-refractivity contribution >= 4 is 11.8 Å². The number of benzene rings is 1. The summed E-state index contributed by atoms with van der Waals surface area (Å²) in [5, 5.41) is 3.56. The van der Waals surface area contributed by atoms with E-state index < -0.39 is 0 Å². The van der Waals surface area contributed by atoms with Crippen LogP contribution < -0.4 is 14.8 Å². The molecule has 116 valence electrons. The largest absolute Gasteiger partial charge is 0.493 e. The van der Waals surface area contributed by atoms with Gasteiger partial charge in [0.2, 0.25) is 0 Å². The zero-order chi connectivity index (χ0) is 14.5. The Bertz CT molecular complexity index is 454. The van der Waals surface area contributed by atoms with E-state index in [1.165, 1.54) is 29.9 Å². The molecule has 2 fully saturated rings. The summed E-state index contributed by atoms with van der Waals surface area (Å²) < 4.78 is 11.9. The molecule has 2 heterocycles. The third-order valence-electron chi connectivity index (χ3n) is 4.36. The molecule has 1 atom stereocenters. The van der Waals surface area contributed by atoms with Gasteiger partial charge in [-0.05, 0) is 61.8 Å². The van der Waals surface area contributed by atoms with Gasteiger partial charge < -0.3 is 14.8 Å². The second-order valence-corrected chi connectivity index (χ2v) is 7.10. The molecule has 21 heavy (non-hydrogen) atoms.